The average Bonchev–Trinajstić information content (AvgIpc) is 2.74. The van der Waals surface area contributed by atoms with Gasteiger partial charge in [0.05, 0.1) is 7.11 Å². The van der Waals surface area contributed by atoms with Crippen LogP contribution in [0.25, 0.3) is 0 Å². The van der Waals surface area contributed by atoms with E-state index in [4.69, 9.17) is 4.74 Å². The van der Waals surface area contributed by atoms with E-state index < -0.39 is 0 Å². The van der Waals surface area contributed by atoms with Crippen molar-refractivity contribution < 1.29 is 14.3 Å². The molecule has 0 aromatic heterocycles. The number of carbonyl (C=O) groups is 2. The van der Waals surface area contributed by atoms with Crippen molar-refractivity contribution in [2.45, 2.75) is 51.6 Å². The summed E-state index contributed by atoms with van der Waals surface area (Å²) < 4.78 is 5.22. The molecule has 7 heteroatoms. The van der Waals surface area contributed by atoms with Crippen LogP contribution >= 0.6 is 0 Å². The normalized spacial score (nSPS) is 18.6. The van der Waals surface area contributed by atoms with Gasteiger partial charge >= 0.3 is 6.03 Å². The van der Waals surface area contributed by atoms with Gasteiger partial charge in [0, 0.05) is 49.9 Å². The van der Waals surface area contributed by atoms with Gasteiger partial charge in [0.2, 0.25) is 5.91 Å². The van der Waals surface area contributed by atoms with E-state index in [0.717, 1.165) is 57.6 Å². The summed E-state index contributed by atoms with van der Waals surface area (Å²) >= 11 is 0. The monoisotopic (exact) mass is 402 g/mol. The number of nitrogens with zero attached hydrogens (tertiary/aromatic N) is 2. The Labute approximate surface area is 173 Å². The standard InChI is InChI=1S/C22H34N4O3/c1-16(2)21(27)26-14-10-18(11-15-26)24-22(28)23-17-8-12-25(13-9-17)19-4-6-20(29-3)7-5-19/h4-7,16-18H,8-15H2,1-3H3,(H2,23,24,28). The molecule has 0 saturated carbocycles. The highest BCUT2D eigenvalue weighted by Gasteiger charge is 2.26. The Morgan fingerprint density at radius 3 is 1.93 bits per heavy atom. The molecule has 0 aliphatic carbocycles. The maximum Gasteiger partial charge on any atom is 0.315 e. The van der Waals surface area contributed by atoms with Crippen LogP contribution in [0.15, 0.2) is 24.3 Å². The number of hydrogen-bond donors (Lipinski definition) is 2. The van der Waals surface area contributed by atoms with Crippen molar-refractivity contribution in [3.8, 4) is 5.75 Å². The van der Waals surface area contributed by atoms with E-state index in [0.29, 0.717) is 0 Å². The van der Waals surface area contributed by atoms with Gasteiger partial charge < -0.3 is 25.2 Å². The minimum atomic E-state index is -0.0819. The molecule has 2 heterocycles. The van der Waals surface area contributed by atoms with Crippen LogP contribution in [0.5, 0.6) is 5.75 Å². The third-order valence-corrected chi connectivity index (χ3v) is 5.90. The quantitative estimate of drug-likeness (QED) is 0.794. The van der Waals surface area contributed by atoms with E-state index in [1.807, 2.05) is 30.9 Å². The minimum absolute atomic E-state index is 0.0339. The van der Waals surface area contributed by atoms with Crippen LogP contribution in [0.2, 0.25) is 0 Å². The first-order chi connectivity index (χ1) is 14.0. The molecule has 2 fully saturated rings. The Kier molecular flexibility index (Phi) is 7.23. The smallest absolute Gasteiger partial charge is 0.315 e. The maximum atomic E-state index is 12.4. The predicted molar refractivity (Wildman–Crippen MR) is 114 cm³/mol. The molecule has 0 unspecified atom stereocenters. The summed E-state index contributed by atoms with van der Waals surface area (Å²) in [4.78, 5) is 28.7. The number of nitrogens with one attached hydrogen (secondary N) is 2. The number of benzene rings is 1. The fourth-order valence-electron chi connectivity index (χ4n) is 4.10. The lowest BCUT2D eigenvalue weighted by Gasteiger charge is -2.35. The Balaban J connectivity index is 1.37. The summed E-state index contributed by atoms with van der Waals surface area (Å²) in [6, 6.07) is 8.38. The number of likely N-dealkylation sites (tertiary alicyclic amines) is 1. The number of rotatable bonds is 5. The molecule has 2 aliphatic rings. The van der Waals surface area contributed by atoms with Crippen molar-refractivity contribution in [1.82, 2.24) is 15.5 Å². The lowest BCUT2D eigenvalue weighted by atomic mass is 10.0. The van der Waals surface area contributed by atoms with E-state index in [2.05, 4.69) is 27.7 Å². The highest BCUT2D eigenvalue weighted by Crippen LogP contribution is 2.23. The molecule has 1 aromatic carbocycles. The number of anilines is 1. The molecule has 2 aliphatic heterocycles. The highest BCUT2D eigenvalue weighted by molar-refractivity contribution is 5.78. The molecule has 0 radical (unpaired) electrons. The maximum absolute atomic E-state index is 12.4. The van der Waals surface area contributed by atoms with Gasteiger partial charge in [0.25, 0.3) is 0 Å². The molecule has 2 saturated heterocycles. The number of ether oxygens (including phenoxy) is 1. The van der Waals surface area contributed by atoms with Gasteiger partial charge in [-0.1, -0.05) is 13.8 Å². The summed E-state index contributed by atoms with van der Waals surface area (Å²) in [6.07, 6.45) is 3.51. The van der Waals surface area contributed by atoms with E-state index in [1.54, 1.807) is 7.11 Å². The van der Waals surface area contributed by atoms with E-state index in [1.165, 1.54) is 5.69 Å². The molecular formula is C22H34N4O3. The summed E-state index contributed by atoms with van der Waals surface area (Å²) in [5, 5.41) is 6.23. The molecule has 0 atom stereocenters. The van der Waals surface area contributed by atoms with Crippen molar-refractivity contribution in [3.05, 3.63) is 24.3 Å². The summed E-state index contributed by atoms with van der Waals surface area (Å²) in [5.74, 6) is 1.10. The van der Waals surface area contributed by atoms with Crippen molar-refractivity contribution in [1.29, 1.82) is 0 Å². The molecule has 0 spiro atoms. The Morgan fingerprint density at radius 1 is 0.931 bits per heavy atom. The lowest BCUT2D eigenvalue weighted by molar-refractivity contribution is -0.135. The van der Waals surface area contributed by atoms with Crippen LogP contribution in [0, 0.1) is 5.92 Å². The zero-order valence-electron chi connectivity index (χ0n) is 17.8. The van der Waals surface area contributed by atoms with E-state index in [9.17, 15) is 9.59 Å². The number of carbonyl (C=O) groups excluding carboxylic acids is 2. The molecular weight excluding hydrogens is 368 g/mol. The van der Waals surface area contributed by atoms with Crippen molar-refractivity contribution >= 4 is 17.6 Å². The molecule has 160 valence electrons. The largest absolute Gasteiger partial charge is 0.497 e. The third-order valence-electron chi connectivity index (χ3n) is 5.90. The van der Waals surface area contributed by atoms with Gasteiger partial charge in [0.1, 0.15) is 5.75 Å². The topological polar surface area (TPSA) is 73.9 Å². The van der Waals surface area contributed by atoms with Crippen LogP contribution in [0.1, 0.15) is 39.5 Å². The number of amides is 3. The second-order valence-corrected chi connectivity index (χ2v) is 8.33. The first-order valence-electron chi connectivity index (χ1n) is 10.7. The summed E-state index contributed by atoms with van der Waals surface area (Å²) in [5.41, 5.74) is 1.19. The summed E-state index contributed by atoms with van der Waals surface area (Å²) in [7, 11) is 1.67. The number of hydrogen-bond acceptors (Lipinski definition) is 4. The van der Waals surface area contributed by atoms with Gasteiger partial charge in [-0.05, 0) is 49.9 Å². The van der Waals surface area contributed by atoms with Gasteiger partial charge in [-0.25, -0.2) is 4.79 Å². The van der Waals surface area contributed by atoms with Gasteiger partial charge in [-0.3, -0.25) is 4.79 Å². The van der Waals surface area contributed by atoms with Gasteiger partial charge in [-0.2, -0.15) is 0 Å². The fourth-order valence-corrected chi connectivity index (χ4v) is 4.10. The van der Waals surface area contributed by atoms with Crippen molar-refractivity contribution in [2.24, 2.45) is 5.92 Å². The van der Waals surface area contributed by atoms with Crippen LogP contribution in [0.4, 0.5) is 10.5 Å². The second kappa shape index (κ2) is 9.85. The first-order valence-corrected chi connectivity index (χ1v) is 10.7. The second-order valence-electron chi connectivity index (χ2n) is 8.33. The van der Waals surface area contributed by atoms with E-state index in [-0.39, 0.29) is 29.9 Å². The average molecular weight is 403 g/mol. The van der Waals surface area contributed by atoms with E-state index >= 15 is 0 Å². The Hall–Kier alpha value is -2.44. The van der Waals surface area contributed by atoms with Gasteiger partial charge in [0.15, 0.2) is 0 Å². The molecule has 0 bridgehead atoms. The Bertz CT molecular complexity index is 676. The van der Waals surface area contributed by atoms with Crippen LogP contribution in [-0.4, -0.2) is 62.2 Å². The lowest BCUT2D eigenvalue weighted by Crippen LogP contribution is -2.53. The SMILES string of the molecule is COc1ccc(N2CCC(NC(=O)NC3CCN(C(=O)C(C)C)CC3)CC2)cc1. The minimum Gasteiger partial charge on any atom is -0.497 e. The molecule has 29 heavy (non-hydrogen) atoms. The number of methoxy groups -OCH3 is 1. The molecule has 1 aromatic rings. The molecule has 2 N–H and O–H groups in total. The highest BCUT2D eigenvalue weighted by atomic mass is 16.5. The fraction of sp³-hybridized carbons (Fsp3) is 0.636. The Morgan fingerprint density at radius 2 is 1.45 bits per heavy atom. The van der Waals surface area contributed by atoms with Crippen LogP contribution < -0.4 is 20.3 Å². The molecule has 7 nitrogen and oxygen atoms in total. The van der Waals surface area contributed by atoms with Crippen molar-refractivity contribution in [3.63, 3.8) is 0 Å². The number of urea groups is 1. The first kappa shape index (κ1) is 21.3. The van der Waals surface area contributed by atoms with Gasteiger partial charge in [-0.15, -0.1) is 0 Å². The zero-order valence-corrected chi connectivity index (χ0v) is 17.8. The van der Waals surface area contributed by atoms with Crippen LogP contribution in [0.3, 0.4) is 0 Å². The third kappa shape index (κ3) is 5.78. The number of piperidine rings is 2. The predicted octanol–water partition coefficient (Wildman–Crippen LogP) is 2.61. The molecule has 3 rings (SSSR count). The van der Waals surface area contributed by atoms with Crippen molar-refractivity contribution in [2.75, 3.05) is 38.2 Å². The zero-order chi connectivity index (χ0) is 20.8. The van der Waals surface area contributed by atoms with Crippen LogP contribution in [-0.2, 0) is 4.79 Å². The summed E-state index contributed by atoms with van der Waals surface area (Å²) in [6.45, 7) is 7.16. The molecule has 3 amide bonds.